The Labute approximate surface area is 120 Å². The highest BCUT2D eigenvalue weighted by atomic mass is 32.2. The second-order valence-corrected chi connectivity index (χ2v) is 5.55. The van der Waals surface area contributed by atoms with E-state index in [0.717, 1.165) is 11.1 Å². The first-order valence-electron chi connectivity index (χ1n) is 6.09. The van der Waals surface area contributed by atoms with Crippen LogP contribution in [0.3, 0.4) is 0 Å². The standard InChI is InChI=1S/C15H14F3NS/c16-15(17,18)20-13-8-6-11(7-9-13)10-14(19)12-4-2-1-3-5-12/h1-9,14H,10,19H2. The van der Waals surface area contributed by atoms with E-state index in [0.29, 0.717) is 6.42 Å². The second-order valence-electron chi connectivity index (χ2n) is 4.41. The van der Waals surface area contributed by atoms with Crippen LogP contribution in [0.4, 0.5) is 13.2 Å². The smallest absolute Gasteiger partial charge is 0.324 e. The van der Waals surface area contributed by atoms with Crippen molar-refractivity contribution in [1.29, 1.82) is 0 Å². The van der Waals surface area contributed by atoms with E-state index in [1.54, 1.807) is 12.1 Å². The van der Waals surface area contributed by atoms with Gasteiger partial charge in [0, 0.05) is 10.9 Å². The number of thioether (sulfide) groups is 1. The quantitative estimate of drug-likeness (QED) is 0.838. The van der Waals surface area contributed by atoms with E-state index in [1.165, 1.54) is 12.1 Å². The van der Waals surface area contributed by atoms with Crippen LogP contribution in [-0.4, -0.2) is 5.51 Å². The van der Waals surface area contributed by atoms with Gasteiger partial charge in [-0.05, 0) is 41.4 Å². The molecule has 106 valence electrons. The molecule has 0 aliphatic rings. The highest BCUT2D eigenvalue weighted by molar-refractivity contribution is 8.00. The lowest BCUT2D eigenvalue weighted by atomic mass is 10.00. The molecule has 2 aromatic carbocycles. The minimum atomic E-state index is -4.25. The molecule has 0 saturated carbocycles. The van der Waals surface area contributed by atoms with Crippen molar-refractivity contribution in [1.82, 2.24) is 0 Å². The molecule has 0 spiro atoms. The summed E-state index contributed by atoms with van der Waals surface area (Å²) >= 11 is -0.107. The van der Waals surface area contributed by atoms with E-state index >= 15 is 0 Å². The van der Waals surface area contributed by atoms with Gasteiger partial charge in [-0.1, -0.05) is 42.5 Å². The largest absolute Gasteiger partial charge is 0.446 e. The van der Waals surface area contributed by atoms with Crippen molar-refractivity contribution in [2.75, 3.05) is 0 Å². The van der Waals surface area contributed by atoms with Crippen LogP contribution in [0.25, 0.3) is 0 Å². The molecule has 2 aromatic rings. The minimum absolute atomic E-state index is 0.107. The summed E-state index contributed by atoms with van der Waals surface area (Å²) in [5.41, 5.74) is 3.77. The molecule has 2 rings (SSSR count). The number of nitrogens with two attached hydrogens (primary N) is 1. The van der Waals surface area contributed by atoms with Gasteiger partial charge in [-0.2, -0.15) is 13.2 Å². The van der Waals surface area contributed by atoms with Crippen molar-refractivity contribution < 1.29 is 13.2 Å². The molecule has 0 aliphatic carbocycles. The van der Waals surface area contributed by atoms with Gasteiger partial charge in [0.1, 0.15) is 0 Å². The third-order valence-electron chi connectivity index (χ3n) is 2.84. The number of hydrogen-bond donors (Lipinski definition) is 1. The summed E-state index contributed by atoms with van der Waals surface area (Å²) in [6, 6.07) is 15.8. The maximum absolute atomic E-state index is 12.2. The molecule has 0 aliphatic heterocycles. The summed E-state index contributed by atoms with van der Waals surface area (Å²) in [5, 5.41) is 0. The number of alkyl halides is 3. The summed E-state index contributed by atoms with van der Waals surface area (Å²) in [4.78, 5) is 0.189. The molecule has 0 bridgehead atoms. The van der Waals surface area contributed by atoms with Gasteiger partial charge in [0.25, 0.3) is 0 Å². The van der Waals surface area contributed by atoms with Crippen LogP contribution in [0.15, 0.2) is 59.5 Å². The van der Waals surface area contributed by atoms with E-state index in [9.17, 15) is 13.2 Å². The fraction of sp³-hybridized carbons (Fsp3) is 0.200. The van der Waals surface area contributed by atoms with Gasteiger partial charge >= 0.3 is 5.51 Å². The van der Waals surface area contributed by atoms with Gasteiger partial charge in [0.15, 0.2) is 0 Å². The second kappa shape index (κ2) is 6.33. The third kappa shape index (κ3) is 4.58. The van der Waals surface area contributed by atoms with E-state index in [2.05, 4.69) is 0 Å². The Morgan fingerprint density at radius 1 is 0.950 bits per heavy atom. The van der Waals surface area contributed by atoms with Crippen molar-refractivity contribution in [3.63, 3.8) is 0 Å². The Morgan fingerprint density at radius 2 is 1.55 bits per heavy atom. The number of halogens is 3. The van der Waals surface area contributed by atoms with E-state index in [1.807, 2.05) is 30.3 Å². The zero-order valence-corrected chi connectivity index (χ0v) is 11.4. The maximum atomic E-state index is 12.2. The number of rotatable bonds is 4. The SMILES string of the molecule is NC(Cc1ccc(SC(F)(F)F)cc1)c1ccccc1. The third-order valence-corrected chi connectivity index (χ3v) is 3.58. The van der Waals surface area contributed by atoms with Crippen molar-refractivity contribution >= 4 is 11.8 Å². The van der Waals surface area contributed by atoms with E-state index in [4.69, 9.17) is 5.73 Å². The summed E-state index contributed by atoms with van der Waals surface area (Å²) in [7, 11) is 0. The minimum Gasteiger partial charge on any atom is -0.324 e. The lowest BCUT2D eigenvalue weighted by Gasteiger charge is -2.12. The monoisotopic (exact) mass is 297 g/mol. The van der Waals surface area contributed by atoms with Crippen molar-refractivity contribution in [2.24, 2.45) is 5.73 Å². The molecule has 0 fully saturated rings. The molecular formula is C15H14F3NS. The Hall–Kier alpha value is -1.46. The Balaban J connectivity index is 2.00. The Morgan fingerprint density at radius 3 is 2.10 bits per heavy atom. The van der Waals surface area contributed by atoms with E-state index < -0.39 is 5.51 Å². The molecule has 0 saturated heterocycles. The number of benzene rings is 2. The number of hydrogen-bond acceptors (Lipinski definition) is 2. The highest BCUT2D eigenvalue weighted by Gasteiger charge is 2.28. The Bertz CT molecular complexity index is 537. The van der Waals surface area contributed by atoms with Crippen LogP contribution in [0, 0.1) is 0 Å². The zero-order valence-electron chi connectivity index (χ0n) is 10.6. The molecule has 5 heteroatoms. The predicted octanol–water partition coefficient (Wildman–Crippen LogP) is 4.54. The summed E-state index contributed by atoms with van der Waals surface area (Å²) in [6.45, 7) is 0. The maximum Gasteiger partial charge on any atom is 0.446 e. The van der Waals surface area contributed by atoms with Crippen LogP contribution in [0.1, 0.15) is 17.2 Å². The van der Waals surface area contributed by atoms with Gasteiger partial charge < -0.3 is 5.73 Å². The first kappa shape index (κ1) is 14.9. The normalized spacial score (nSPS) is 13.2. The average molecular weight is 297 g/mol. The van der Waals surface area contributed by atoms with E-state index in [-0.39, 0.29) is 22.7 Å². The van der Waals surface area contributed by atoms with Crippen LogP contribution >= 0.6 is 11.8 Å². The van der Waals surface area contributed by atoms with Crippen LogP contribution in [-0.2, 0) is 6.42 Å². The molecule has 1 nitrogen and oxygen atoms in total. The van der Waals surface area contributed by atoms with Crippen LogP contribution < -0.4 is 5.73 Å². The lowest BCUT2D eigenvalue weighted by molar-refractivity contribution is -0.0328. The molecule has 1 unspecified atom stereocenters. The van der Waals surface area contributed by atoms with Crippen molar-refractivity contribution in [2.45, 2.75) is 22.9 Å². The first-order valence-corrected chi connectivity index (χ1v) is 6.91. The van der Waals surface area contributed by atoms with Gasteiger partial charge in [-0.25, -0.2) is 0 Å². The molecule has 0 radical (unpaired) electrons. The van der Waals surface area contributed by atoms with Crippen LogP contribution in [0.2, 0.25) is 0 Å². The zero-order chi connectivity index (χ0) is 14.6. The fourth-order valence-electron chi connectivity index (χ4n) is 1.90. The van der Waals surface area contributed by atoms with Gasteiger partial charge in [0.05, 0.1) is 0 Å². The van der Waals surface area contributed by atoms with Gasteiger partial charge in [-0.15, -0.1) is 0 Å². The molecule has 0 amide bonds. The molecule has 0 heterocycles. The molecule has 20 heavy (non-hydrogen) atoms. The average Bonchev–Trinajstić information content (AvgIpc) is 2.40. The fourth-order valence-corrected chi connectivity index (χ4v) is 2.44. The molecule has 0 aromatic heterocycles. The van der Waals surface area contributed by atoms with Crippen LogP contribution in [0.5, 0.6) is 0 Å². The van der Waals surface area contributed by atoms with Crippen molar-refractivity contribution in [3.05, 3.63) is 65.7 Å². The van der Waals surface area contributed by atoms with Gasteiger partial charge in [0.2, 0.25) is 0 Å². The Kier molecular flexibility index (Phi) is 4.73. The predicted molar refractivity (Wildman–Crippen MR) is 75.4 cm³/mol. The summed E-state index contributed by atoms with van der Waals surface area (Å²) in [6.07, 6.45) is 0.598. The molecule has 1 atom stereocenters. The lowest BCUT2D eigenvalue weighted by Crippen LogP contribution is -2.13. The summed E-state index contributed by atoms with van der Waals surface area (Å²) < 4.78 is 36.6. The topological polar surface area (TPSA) is 26.0 Å². The molecule has 2 N–H and O–H groups in total. The van der Waals surface area contributed by atoms with Crippen molar-refractivity contribution in [3.8, 4) is 0 Å². The summed E-state index contributed by atoms with van der Waals surface area (Å²) in [5.74, 6) is 0. The first-order chi connectivity index (χ1) is 9.44. The molecular weight excluding hydrogens is 283 g/mol. The highest BCUT2D eigenvalue weighted by Crippen LogP contribution is 2.36. The van der Waals surface area contributed by atoms with Gasteiger partial charge in [-0.3, -0.25) is 0 Å².